The van der Waals surface area contributed by atoms with E-state index in [-0.39, 0.29) is 5.92 Å². The molecule has 1 aliphatic carbocycles. The third kappa shape index (κ3) is 3.71. The van der Waals surface area contributed by atoms with Gasteiger partial charge in [-0.2, -0.15) is 0 Å². The van der Waals surface area contributed by atoms with Crippen molar-refractivity contribution in [2.75, 3.05) is 20.1 Å². The third-order valence-corrected chi connectivity index (χ3v) is 4.86. The fraction of sp³-hybridized carbons (Fsp3) is 0.933. The second kappa shape index (κ2) is 6.55. The van der Waals surface area contributed by atoms with Gasteiger partial charge in [-0.25, -0.2) is 0 Å². The Labute approximate surface area is 111 Å². The fourth-order valence-corrected chi connectivity index (χ4v) is 3.30. The van der Waals surface area contributed by atoms with Crippen LogP contribution in [0.1, 0.15) is 51.9 Å². The van der Waals surface area contributed by atoms with Crippen molar-refractivity contribution in [2.24, 2.45) is 11.8 Å². The van der Waals surface area contributed by atoms with Crippen molar-refractivity contribution in [3.8, 4) is 0 Å². The Balaban J connectivity index is 1.71. The van der Waals surface area contributed by atoms with E-state index >= 15 is 0 Å². The zero-order valence-electron chi connectivity index (χ0n) is 12.0. The number of rotatable bonds is 3. The lowest BCUT2D eigenvalue weighted by Crippen LogP contribution is -2.44. The van der Waals surface area contributed by atoms with Gasteiger partial charge in [-0.15, -0.1) is 0 Å². The van der Waals surface area contributed by atoms with Crippen LogP contribution in [0.3, 0.4) is 0 Å². The minimum absolute atomic E-state index is 0.269. The lowest BCUT2D eigenvalue weighted by Gasteiger charge is -2.32. The maximum Gasteiger partial charge on any atom is 0.223 e. The molecule has 1 saturated carbocycles. The molecule has 0 spiro atoms. The number of piperidine rings is 1. The Morgan fingerprint density at radius 1 is 1.11 bits per heavy atom. The zero-order valence-corrected chi connectivity index (χ0v) is 12.0. The highest BCUT2D eigenvalue weighted by Crippen LogP contribution is 2.27. The van der Waals surface area contributed by atoms with Crippen LogP contribution >= 0.6 is 0 Å². The van der Waals surface area contributed by atoms with E-state index in [1.807, 2.05) is 0 Å². The number of nitrogens with zero attached hydrogens (tertiary/aromatic N) is 1. The zero-order chi connectivity index (χ0) is 13.0. The quantitative estimate of drug-likeness (QED) is 0.836. The summed E-state index contributed by atoms with van der Waals surface area (Å²) in [5, 5.41) is 3.29. The van der Waals surface area contributed by atoms with Crippen molar-refractivity contribution in [1.82, 2.24) is 10.2 Å². The molecule has 0 bridgehead atoms. The molecule has 0 aromatic rings. The Kier molecular flexibility index (Phi) is 5.04. The maximum absolute atomic E-state index is 12.2. The first-order valence-electron chi connectivity index (χ1n) is 7.68. The van der Waals surface area contributed by atoms with Gasteiger partial charge in [0, 0.05) is 12.0 Å². The van der Waals surface area contributed by atoms with Gasteiger partial charge < -0.3 is 10.2 Å². The first-order valence-corrected chi connectivity index (χ1v) is 7.68. The molecule has 3 nitrogen and oxygen atoms in total. The Morgan fingerprint density at radius 2 is 1.72 bits per heavy atom. The van der Waals surface area contributed by atoms with Crippen LogP contribution in [0.5, 0.6) is 0 Å². The van der Waals surface area contributed by atoms with Crippen LogP contribution in [0, 0.1) is 11.8 Å². The summed E-state index contributed by atoms with van der Waals surface area (Å²) in [5.74, 6) is 1.50. The monoisotopic (exact) mass is 252 g/mol. The predicted octanol–water partition coefficient (Wildman–Crippen LogP) is 2.41. The van der Waals surface area contributed by atoms with Crippen molar-refractivity contribution in [3.05, 3.63) is 0 Å². The molecule has 1 amide bonds. The molecule has 0 aromatic carbocycles. The van der Waals surface area contributed by atoms with Gasteiger partial charge in [-0.1, -0.05) is 13.3 Å². The summed E-state index contributed by atoms with van der Waals surface area (Å²) >= 11 is 0. The smallest absolute Gasteiger partial charge is 0.223 e. The third-order valence-electron chi connectivity index (χ3n) is 4.86. The SMILES string of the molecule is CCC1CCC(NC(=O)C2CCN(C)CC2)CC1. The van der Waals surface area contributed by atoms with Crippen LogP contribution in [0.25, 0.3) is 0 Å². The lowest BCUT2D eigenvalue weighted by molar-refractivity contribution is -0.127. The van der Waals surface area contributed by atoms with E-state index in [0.717, 1.165) is 31.8 Å². The molecule has 2 rings (SSSR count). The van der Waals surface area contributed by atoms with Gasteiger partial charge in [-0.3, -0.25) is 4.79 Å². The molecule has 2 fully saturated rings. The summed E-state index contributed by atoms with van der Waals surface area (Å²) in [6.45, 7) is 4.42. The molecule has 1 heterocycles. The number of carbonyl (C=O) groups excluding carboxylic acids is 1. The first kappa shape index (κ1) is 13.9. The summed E-state index contributed by atoms with van der Waals surface area (Å²) in [5.41, 5.74) is 0. The van der Waals surface area contributed by atoms with Gasteiger partial charge in [0.1, 0.15) is 0 Å². The van der Waals surface area contributed by atoms with E-state index in [1.165, 1.54) is 32.1 Å². The van der Waals surface area contributed by atoms with Crippen LogP contribution < -0.4 is 5.32 Å². The molecule has 3 heteroatoms. The van der Waals surface area contributed by atoms with Gasteiger partial charge in [0.2, 0.25) is 5.91 Å². The highest BCUT2D eigenvalue weighted by molar-refractivity contribution is 5.79. The van der Waals surface area contributed by atoms with E-state index in [9.17, 15) is 4.79 Å². The molecule has 0 atom stereocenters. The van der Waals surface area contributed by atoms with E-state index in [0.29, 0.717) is 11.9 Å². The Morgan fingerprint density at radius 3 is 2.28 bits per heavy atom. The number of carbonyl (C=O) groups is 1. The van der Waals surface area contributed by atoms with Crippen LogP contribution in [-0.2, 0) is 4.79 Å². The minimum Gasteiger partial charge on any atom is -0.353 e. The first-order chi connectivity index (χ1) is 8.69. The number of likely N-dealkylation sites (tertiary alicyclic amines) is 1. The topological polar surface area (TPSA) is 32.3 Å². The van der Waals surface area contributed by atoms with Gasteiger partial charge in [0.15, 0.2) is 0 Å². The molecule has 1 saturated heterocycles. The molecular formula is C15H28N2O. The molecule has 1 N–H and O–H groups in total. The fourth-order valence-electron chi connectivity index (χ4n) is 3.30. The van der Waals surface area contributed by atoms with E-state index in [2.05, 4.69) is 24.2 Å². The number of hydrogen-bond acceptors (Lipinski definition) is 2. The number of amides is 1. The van der Waals surface area contributed by atoms with E-state index in [1.54, 1.807) is 0 Å². The highest BCUT2D eigenvalue weighted by atomic mass is 16.1. The van der Waals surface area contributed by atoms with Crippen LogP contribution in [-0.4, -0.2) is 37.0 Å². The standard InChI is InChI=1S/C15H28N2O/c1-3-12-4-6-14(7-5-12)16-15(18)13-8-10-17(2)11-9-13/h12-14H,3-11H2,1-2H3,(H,16,18). The predicted molar refractivity (Wildman–Crippen MR) is 74.4 cm³/mol. The Bertz CT molecular complexity index is 264. The molecule has 0 aromatic heterocycles. The van der Waals surface area contributed by atoms with Crippen molar-refractivity contribution in [2.45, 2.75) is 57.9 Å². The normalized spacial score (nSPS) is 31.2. The van der Waals surface area contributed by atoms with Crippen molar-refractivity contribution in [3.63, 3.8) is 0 Å². The molecule has 2 aliphatic rings. The van der Waals surface area contributed by atoms with Gasteiger partial charge in [0.05, 0.1) is 0 Å². The Hall–Kier alpha value is -0.570. The minimum atomic E-state index is 0.269. The summed E-state index contributed by atoms with van der Waals surface area (Å²) < 4.78 is 0. The van der Waals surface area contributed by atoms with Crippen molar-refractivity contribution in [1.29, 1.82) is 0 Å². The van der Waals surface area contributed by atoms with Gasteiger partial charge in [-0.05, 0) is 64.6 Å². The van der Waals surface area contributed by atoms with Crippen LogP contribution in [0.2, 0.25) is 0 Å². The molecular weight excluding hydrogens is 224 g/mol. The summed E-state index contributed by atoms with van der Waals surface area (Å²) in [4.78, 5) is 14.5. The highest BCUT2D eigenvalue weighted by Gasteiger charge is 2.27. The summed E-state index contributed by atoms with van der Waals surface area (Å²) in [6.07, 6.45) is 8.35. The molecule has 0 radical (unpaired) electrons. The average Bonchev–Trinajstić information content (AvgIpc) is 2.40. The van der Waals surface area contributed by atoms with E-state index < -0.39 is 0 Å². The number of nitrogens with one attached hydrogen (secondary N) is 1. The van der Waals surface area contributed by atoms with Gasteiger partial charge in [0.25, 0.3) is 0 Å². The maximum atomic E-state index is 12.2. The van der Waals surface area contributed by atoms with E-state index in [4.69, 9.17) is 0 Å². The van der Waals surface area contributed by atoms with Crippen LogP contribution in [0.15, 0.2) is 0 Å². The van der Waals surface area contributed by atoms with Gasteiger partial charge >= 0.3 is 0 Å². The molecule has 104 valence electrons. The second-order valence-corrected chi connectivity index (χ2v) is 6.21. The lowest BCUT2D eigenvalue weighted by atomic mass is 9.84. The van der Waals surface area contributed by atoms with Crippen molar-refractivity contribution >= 4 is 5.91 Å². The van der Waals surface area contributed by atoms with Crippen molar-refractivity contribution < 1.29 is 4.79 Å². The second-order valence-electron chi connectivity index (χ2n) is 6.21. The summed E-state index contributed by atoms with van der Waals surface area (Å²) in [7, 11) is 2.14. The summed E-state index contributed by atoms with van der Waals surface area (Å²) in [6, 6.07) is 0.458. The molecule has 1 aliphatic heterocycles. The largest absolute Gasteiger partial charge is 0.353 e. The average molecular weight is 252 g/mol. The van der Waals surface area contributed by atoms with Crippen LogP contribution in [0.4, 0.5) is 0 Å². The molecule has 0 unspecified atom stereocenters. The molecule has 18 heavy (non-hydrogen) atoms. The number of hydrogen-bond donors (Lipinski definition) is 1.